The van der Waals surface area contributed by atoms with Crippen LogP contribution in [0.5, 0.6) is 5.75 Å². The molecule has 0 atom stereocenters. The van der Waals surface area contributed by atoms with E-state index in [0.29, 0.717) is 23.1 Å². The second kappa shape index (κ2) is 10.2. The Morgan fingerprint density at radius 3 is 2.44 bits per heavy atom. The number of phenolic OH excluding ortho intramolecular Hbond substituents is 1. The van der Waals surface area contributed by atoms with Crippen molar-refractivity contribution in [3.8, 4) is 17.1 Å². The standard InChI is InChI=1S/C25H24N4O2S/c1-18-11-13-20(14-12-18)26-23(31)17-32-25-28-27-24(21-9-5-6-10-22(21)30)29(25)16-15-19-7-3-2-4-8-19/h2-14,30H,15-17H2,1H3,(H,26,31). The van der Waals surface area contributed by atoms with E-state index in [1.54, 1.807) is 12.1 Å². The van der Waals surface area contributed by atoms with Gasteiger partial charge in [0.15, 0.2) is 11.0 Å². The Bertz CT molecular complexity index is 1190. The highest BCUT2D eigenvalue weighted by atomic mass is 32.2. The molecule has 32 heavy (non-hydrogen) atoms. The molecular weight excluding hydrogens is 420 g/mol. The first-order valence-corrected chi connectivity index (χ1v) is 11.3. The van der Waals surface area contributed by atoms with Crippen LogP contribution in [0.4, 0.5) is 5.69 Å². The van der Waals surface area contributed by atoms with Gasteiger partial charge in [-0.1, -0.05) is 71.9 Å². The zero-order valence-corrected chi connectivity index (χ0v) is 18.5. The molecule has 3 aromatic carbocycles. The second-order valence-electron chi connectivity index (χ2n) is 7.41. The van der Waals surface area contributed by atoms with Crippen LogP contribution in [0.1, 0.15) is 11.1 Å². The lowest BCUT2D eigenvalue weighted by Gasteiger charge is -2.11. The normalized spacial score (nSPS) is 10.8. The molecule has 0 unspecified atom stereocenters. The molecule has 6 nitrogen and oxygen atoms in total. The number of para-hydroxylation sites is 1. The van der Waals surface area contributed by atoms with Crippen LogP contribution in [-0.4, -0.2) is 31.5 Å². The summed E-state index contributed by atoms with van der Waals surface area (Å²) in [5, 5.41) is 22.5. The smallest absolute Gasteiger partial charge is 0.234 e. The number of aromatic nitrogens is 3. The van der Waals surface area contributed by atoms with E-state index in [2.05, 4.69) is 27.6 Å². The van der Waals surface area contributed by atoms with Crippen molar-refractivity contribution < 1.29 is 9.90 Å². The first-order chi connectivity index (χ1) is 15.6. The monoisotopic (exact) mass is 444 g/mol. The Balaban J connectivity index is 1.52. The maximum absolute atomic E-state index is 12.5. The predicted molar refractivity (Wildman–Crippen MR) is 128 cm³/mol. The van der Waals surface area contributed by atoms with Gasteiger partial charge in [0, 0.05) is 12.2 Å². The number of carbonyl (C=O) groups is 1. The van der Waals surface area contributed by atoms with Gasteiger partial charge >= 0.3 is 0 Å². The van der Waals surface area contributed by atoms with Crippen LogP contribution in [0.25, 0.3) is 11.4 Å². The molecular formula is C25H24N4O2S. The minimum atomic E-state index is -0.111. The highest BCUT2D eigenvalue weighted by molar-refractivity contribution is 7.99. The van der Waals surface area contributed by atoms with Crippen molar-refractivity contribution in [3.05, 3.63) is 90.0 Å². The van der Waals surface area contributed by atoms with Crippen molar-refractivity contribution >= 4 is 23.4 Å². The number of carbonyl (C=O) groups excluding carboxylic acids is 1. The number of hydrogen-bond acceptors (Lipinski definition) is 5. The number of phenols is 1. The number of nitrogens with one attached hydrogen (secondary N) is 1. The van der Waals surface area contributed by atoms with Gasteiger partial charge in [-0.15, -0.1) is 10.2 Å². The summed E-state index contributed by atoms with van der Waals surface area (Å²) in [7, 11) is 0. The number of rotatable bonds is 8. The molecule has 0 aliphatic heterocycles. The summed E-state index contributed by atoms with van der Waals surface area (Å²) in [5.41, 5.74) is 3.71. The summed E-state index contributed by atoms with van der Waals surface area (Å²) in [4.78, 5) is 12.5. The highest BCUT2D eigenvalue weighted by Gasteiger charge is 2.18. The first-order valence-electron chi connectivity index (χ1n) is 10.3. The number of aryl methyl sites for hydroxylation is 2. The molecule has 0 spiro atoms. The average Bonchev–Trinajstić information content (AvgIpc) is 3.21. The number of benzene rings is 3. The molecule has 4 rings (SSSR count). The molecule has 0 aliphatic carbocycles. The lowest BCUT2D eigenvalue weighted by atomic mass is 10.1. The average molecular weight is 445 g/mol. The van der Waals surface area contributed by atoms with Crippen molar-refractivity contribution in [2.24, 2.45) is 0 Å². The zero-order chi connectivity index (χ0) is 22.3. The largest absolute Gasteiger partial charge is 0.507 e. The minimum absolute atomic E-state index is 0.111. The van der Waals surface area contributed by atoms with Gasteiger partial charge in [0.2, 0.25) is 5.91 Å². The molecule has 1 amide bonds. The molecule has 162 valence electrons. The zero-order valence-electron chi connectivity index (χ0n) is 17.7. The van der Waals surface area contributed by atoms with Crippen LogP contribution < -0.4 is 5.32 Å². The number of anilines is 1. The molecule has 7 heteroatoms. The number of amides is 1. The number of aromatic hydroxyl groups is 1. The van der Waals surface area contributed by atoms with Crippen LogP contribution in [-0.2, 0) is 17.8 Å². The number of thioether (sulfide) groups is 1. The third kappa shape index (κ3) is 5.36. The van der Waals surface area contributed by atoms with Gasteiger partial charge in [-0.3, -0.25) is 4.79 Å². The SMILES string of the molecule is Cc1ccc(NC(=O)CSc2nnc(-c3ccccc3O)n2CCc2ccccc2)cc1. The van der Waals surface area contributed by atoms with E-state index in [1.807, 2.05) is 66.1 Å². The van der Waals surface area contributed by atoms with Crippen molar-refractivity contribution in [2.75, 3.05) is 11.1 Å². The van der Waals surface area contributed by atoms with Crippen LogP contribution in [0.2, 0.25) is 0 Å². The molecule has 0 fully saturated rings. The lowest BCUT2D eigenvalue weighted by Crippen LogP contribution is -2.15. The van der Waals surface area contributed by atoms with Gasteiger partial charge in [0.1, 0.15) is 5.75 Å². The van der Waals surface area contributed by atoms with Crippen LogP contribution in [0.15, 0.2) is 84.0 Å². The van der Waals surface area contributed by atoms with E-state index in [4.69, 9.17) is 0 Å². The molecule has 4 aromatic rings. The summed E-state index contributed by atoms with van der Waals surface area (Å²) in [6, 6.07) is 24.9. The quantitative estimate of drug-likeness (QED) is 0.377. The minimum Gasteiger partial charge on any atom is -0.507 e. The van der Waals surface area contributed by atoms with Gasteiger partial charge < -0.3 is 15.0 Å². The van der Waals surface area contributed by atoms with Gasteiger partial charge in [-0.05, 0) is 43.2 Å². The molecule has 1 aromatic heterocycles. The Morgan fingerprint density at radius 2 is 1.69 bits per heavy atom. The fraction of sp³-hybridized carbons (Fsp3) is 0.160. The van der Waals surface area contributed by atoms with Gasteiger partial charge in [-0.25, -0.2) is 0 Å². The predicted octanol–water partition coefficient (Wildman–Crippen LogP) is 4.93. The lowest BCUT2D eigenvalue weighted by molar-refractivity contribution is -0.113. The number of hydrogen-bond donors (Lipinski definition) is 2. The Kier molecular flexibility index (Phi) is 6.87. The van der Waals surface area contributed by atoms with E-state index in [9.17, 15) is 9.90 Å². The molecule has 0 bridgehead atoms. The third-order valence-corrected chi connectivity index (χ3v) is 5.96. The fourth-order valence-corrected chi connectivity index (χ4v) is 4.07. The molecule has 2 N–H and O–H groups in total. The Labute approximate surface area is 191 Å². The summed E-state index contributed by atoms with van der Waals surface area (Å²) in [6.07, 6.45) is 0.780. The van der Waals surface area contributed by atoms with E-state index in [1.165, 1.54) is 17.3 Å². The topological polar surface area (TPSA) is 80.0 Å². The Morgan fingerprint density at radius 1 is 0.969 bits per heavy atom. The molecule has 0 radical (unpaired) electrons. The van der Waals surface area contributed by atoms with Crippen molar-refractivity contribution in [1.29, 1.82) is 0 Å². The summed E-state index contributed by atoms with van der Waals surface area (Å²) < 4.78 is 1.96. The second-order valence-corrected chi connectivity index (χ2v) is 8.36. The van der Waals surface area contributed by atoms with Crippen molar-refractivity contribution in [1.82, 2.24) is 14.8 Å². The van der Waals surface area contributed by atoms with Crippen LogP contribution in [0.3, 0.4) is 0 Å². The van der Waals surface area contributed by atoms with Crippen molar-refractivity contribution in [2.45, 2.75) is 25.0 Å². The van der Waals surface area contributed by atoms with Crippen molar-refractivity contribution in [3.63, 3.8) is 0 Å². The van der Waals surface area contributed by atoms with E-state index >= 15 is 0 Å². The highest BCUT2D eigenvalue weighted by Crippen LogP contribution is 2.30. The van der Waals surface area contributed by atoms with Gasteiger partial charge in [0.25, 0.3) is 0 Å². The number of nitrogens with zero attached hydrogens (tertiary/aromatic N) is 3. The van der Waals surface area contributed by atoms with Crippen LogP contribution in [0, 0.1) is 6.92 Å². The summed E-state index contributed by atoms with van der Waals surface area (Å²) >= 11 is 1.33. The van der Waals surface area contributed by atoms with E-state index in [-0.39, 0.29) is 17.4 Å². The first kappa shape index (κ1) is 21.6. The summed E-state index contributed by atoms with van der Waals surface area (Å²) in [6.45, 7) is 2.63. The summed E-state index contributed by atoms with van der Waals surface area (Å²) in [5.74, 6) is 0.827. The van der Waals surface area contributed by atoms with Crippen LogP contribution >= 0.6 is 11.8 Å². The molecule has 0 saturated heterocycles. The maximum Gasteiger partial charge on any atom is 0.234 e. The van der Waals surface area contributed by atoms with E-state index in [0.717, 1.165) is 17.7 Å². The third-order valence-electron chi connectivity index (χ3n) is 5.00. The molecule has 1 heterocycles. The van der Waals surface area contributed by atoms with E-state index < -0.39 is 0 Å². The maximum atomic E-state index is 12.5. The van der Waals surface area contributed by atoms with Gasteiger partial charge in [0.05, 0.1) is 11.3 Å². The fourth-order valence-electron chi connectivity index (χ4n) is 3.31. The molecule has 0 aliphatic rings. The Hall–Kier alpha value is -3.58. The molecule has 0 saturated carbocycles. The van der Waals surface area contributed by atoms with Gasteiger partial charge in [-0.2, -0.15) is 0 Å².